The minimum atomic E-state index is -0.376. The van der Waals surface area contributed by atoms with Crippen LogP contribution in [0, 0.1) is 18.6 Å². The highest BCUT2D eigenvalue weighted by atomic mass is 19.1. The molecule has 0 saturated carbocycles. The molecule has 4 aromatic rings. The largest absolute Gasteiger partial charge is 0.493 e. The van der Waals surface area contributed by atoms with Crippen molar-refractivity contribution in [2.45, 2.75) is 26.4 Å². The molecule has 0 radical (unpaired) electrons. The van der Waals surface area contributed by atoms with Gasteiger partial charge in [0.25, 0.3) is 0 Å². The Labute approximate surface area is 213 Å². The summed E-state index contributed by atoms with van der Waals surface area (Å²) in [6, 6.07) is 14.3. The van der Waals surface area contributed by atoms with Crippen molar-refractivity contribution in [3.63, 3.8) is 0 Å². The number of amides is 1. The van der Waals surface area contributed by atoms with Crippen LogP contribution in [0.5, 0.6) is 11.5 Å². The molecule has 1 amide bonds. The number of carbonyl (C=O) groups is 1. The Balaban J connectivity index is 1.45. The average Bonchev–Trinajstić information content (AvgIpc) is 3.33. The standard InChI is InChI=1S/C28H26F2N4O3/c1-17-12-20(6-9-23(17)30)27-31-28(18-4-7-22(29)8-5-18)34(32-27)16-26(35)33-11-10-19-13-24(36-2)25(37-3)14-21(19)15-33/h4-9,12-14H,10-11,15-16H2,1-3H3. The van der Waals surface area contributed by atoms with Crippen molar-refractivity contribution in [3.05, 3.63) is 82.9 Å². The highest BCUT2D eigenvalue weighted by Gasteiger charge is 2.25. The van der Waals surface area contributed by atoms with Crippen LogP contribution in [0.25, 0.3) is 22.8 Å². The summed E-state index contributed by atoms with van der Waals surface area (Å²) in [4.78, 5) is 19.8. The van der Waals surface area contributed by atoms with Crippen LogP contribution in [-0.2, 0) is 24.3 Å². The quantitative estimate of drug-likeness (QED) is 0.377. The normalized spacial score (nSPS) is 12.8. The molecule has 0 spiro atoms. The third-order valence-electron chi connectivity index (χ3n) is 6.55. The van der Waals surface area contributed by atoms with Crippen LogP contribution in [0.3, 0.4) is 0 Å². The van der Waals surface area contributed by atoms with Crippen molar-refractivity contribution < 1.29 is 23.0 Å². The van der Waals surface area contributed by atoms with Crippen molar-refractivity contribution in [3.8, 4) is 34.3 Å². The van der Waals surface area contributed by atoms with E-state index in [-0.39, 0.29) is 24.1 Å². The molecule has 0 saturated heterocycles. The monoisotopic (exact) mass is 504 g/mol. The van der Waals surface area contributed by atoms with Gasteiger partial charge in [-0.3, -0.25) is 4.79 Å². The number of rotatable bonds is 6. The Bertz CT molecular complexity index is 1470. The Morgan fingerprint density at radius 3 is 2.30 bits per heavy atom. The predicted octanol–water partition coefficient (Wildman–Crippen LogP) is 4.80. The average molecular weight is 505 g/mol. The second-order valence-corrected chi connectivity index (χ2v) is 8.93. The molecular weight excluding hydrogens is 478 g/mol. The molecule has 5 rings (SSSR count). The number of halogens is 2. The summed E-state index contributed by atoms with van der Waals surface area (Å²) in [5.41, 5.74) is 3.82. The first-order chi connectivity index (χ1) is 17.9. The van der Waals surface area contributed by atoms with Crippen molar-refractivity contribution in [1.82, 2.24) is 19.7 Å². The Kier molecular flexibility index (Phi) is 6.60. The van der Waals surface area contributed by atoms with Gasteiger partial charge in [0, 0.05) is 24.2 Å². The van der Waals surface area contributed by atoms with E-state index in [9.17, 15) is 13.6 Å². The van der Waals surface area contributed by atoms with Gasteiger partial charge in [-0.25, -0.2) is 18.4 Å². The second-order valence-electron chi connectivity index (χ2n) is 8.93. The van der Waals surface area contributed by atoms with Crippen molar-refractivity contribution in [2.75, 3.05) is 20.8 Å². The lowest BCUT2D eigenvalue weighted by atomic mass is 9.98. The number of nitrogens with zero attached hydrogens (tertiary/aromatic N) is 4. The first-order valence-corrected chi connectivity index (χ1v) is 11.8. The number of carbonyl (C=O) groups excluding carboxylic acids is 1. The Morgan fingerprint density at radius 1 is 0.946 bits per heavy atom. The van der Waals surface area contributed by atoms with Gasteiger partial charge in [0.2, 0.25) is 5.91 Å². The highest BCUT2D eigenvalue weighted by Crippen LogP contribution is 2.33. The van der Waals surface area contributed by atoms with E-state index < -0.39 is 0 Å². The molecule has 37 heavy (non-hydrogen) atoms. The molecule has 0 N–H and O–H groups in total. The summed E-state index contributed by atoms with van der Waals surface area (Å²) >= 11 is 0. The van der Waals surface area contributed by atoms with Crippen LogP contribution in [0.2, 0.25) is 0 Å². The van der Waals surface area contributed by atoms with Gasteiger partial charge in [0.05, 0.1) is 14.2 Å². The van der Waals surface area contributed by atoms with Gasteiger partial charge < -0.3 is 14.4 Å². The highest BCUT2D eigenvalue weighted by molar-refractivity contribution is 5.77. The van der Waals surface area contributed by atoms with Crippen molar-refractivity contribution in [2.24, 2.45) is 0 Å². The van der Waals surface area contributed by atoms with E-state index in [4.69, 9.17) is 9.47 Å². The molecule has 0 aliphatic carbocycles. The number of aromatic nitrogens is 3. The molecule has 1 aromatic heterocycles. The lowest BCUT2D eigenvalue weighted by Crippen LogP contribution is -2.38. The third kappa shape index (κ3) is 4.89. The van der Waals surface area contributed by atoms with Crippen molar-refractivity contribution >= 4 is 5.91 Å². The molecule has 9 heteroatoms. The summed E-state index contributed by atoms with van der Waals surface area (Å²) in [6.07, 6.45) is 0.684. The van der Waals surface area contributed by atoms with E-state index in [1.54, 1.807) is 50.3 Å². The molecule has 1 aliphatic heterocycles. The number of hydrogen-bond donors (Lipinski definition) is 0. The number of methoxy groups -OCH3 is 2. The van der Waals surface area contributed by atoms with Crippen LogP contribution in [0.4, 0.5) is 8.78 Å². The van der Waals surface area contributed by atoms with Gasteiger partial charge in [-0.2, -0.15) is 0 Å². The number of fused-ring (bicyclic) bond motifs is 1. The lowest BCUT2D eigenvalue weighted by molar-refractivity contribution is -0.132. The predicted molar refractivity (Wildman–Crippen MR) is 134 cm³/mol. The smallest absolute Gasteiger partial charge is 0.244 e. The summed E-state index contributed by atoms with van der Waals surface area (Å²) in [5, 5.41) is 4.58. The zero-order valence-electron chi connectivity index (χ0n) is 20.8. The van der Waals surface area contributed by atoms with Gasteiger partial charge in [-0.05, 0) is 84.6 Å². The minimum Gasteiger partial charge on any atom is -0.493 e. The van der Waals surface area contributed by atoms with Crippen molar-refractivity contribution in [1.29, 1.82) is 0 Å². The Morgan fingerprint density at radius 2 is 1.62 bits per heavy atom. The summed E-state index contributed by atoms with van der Waals surface area (Å²) < 4.78 is 39.8. The molecule has 0 bridgehead atoms. The molecule has 0 unspecified atom stereocenters. The fourth-order valence-corrected chi connectivity index (χ4v) is 4.50. The molecular formula is C28H26F2N4O3. The number of aryl methyl sites for hydroxylation is 1. The minimum absolute atomic E-state index is 0.0531. The van der Waals surface area contributed by atoms with Crippen LogP contribution in [0.15, 0.2) is 54.6 Å². The fraction of sp³-hybridized carbons (Fsp3) is 0.250. The van der Waals surface area contributed by atoms with Gasteiger partial charge in [0.15, 0.2) is 23.1 Å². The number of benzene rings is 3. The fourth-order valence-electron chi connectivity index (χ4n) is 4.50. The van der Waals surface area contributed by atoms with Crippen LogP contribution in [0.1, 0.15) is 16.7 Å². The second kappa shape index (κ2) is 10.0. The van der Waals surface area contributed by atoms with E-state index in [0.29, 0.717) is 59.3 Å². The molecule has 190 valence electrons. The number of hydrogen-bond acceptors (Lipinski definition) is 5. The van der Waals surface area contributed by atoms with Gasteiger partial charge in [-0.15, -0.1) is 5.10 Å². The molecule has 0 atom stereocenters. The van der Waals surface area contributed by atoms with Crippen LogP contribution >= 0.6 is 0 Å². The summed E-state index contributed by atoms with van der Waals surface area (Å²) in [7, 11) is 3.18. The lowest BCUT2D eigenvalue weighted by Gasteiger charge is -2.29. The van der Waals surface area contributed by atoms with Crippen LogP contribution < -0.4 is 9.47 Å². The Hall–Kier alpha value is -4.27. The van der Waals surface area contributed by atoms with Gasteiger partial charge >= 0.3 is 0 Å². The zero-order chi connectivity index (χ0) is 26.1. The summed E-state index contributed by atoms with van der Waals surface area (Å²) in [6.45, 7) is 2.59. The molecule has 3 aromatic carbocycles. The van der Waals surface area contributed by atoms with E-state index in [1.165, 1.54) is 22.9 Å². The molecule has 0 fully saturated rings. The maximum atomic E-state index is 13.8. The third-order valence-corrected chi connectivity index (χ3v) is 6.55. The number of ether oxygens (including phenoxy) is 2. The maximum absolute atomic E-state index is 13.8. The van der Waals surface area contributed by atoms with Gasteiger partial charge in [0.1, 0.15) is 18.2 Å². The van der Waals surface area contributed by atoms with E-state index >= 15 is 0 Å². The first kappa shape index (κ1) is 24.4. The van der Waals surface area contributed by atoms with E-state index in [0.717, 1.165) is 11.1 Å². The first-order valence-electron chi connectivity index (χ1n) is 11.8. The molecule has 7 nitrogen and oxygen atoms in total. The zero-order valence-corrected chi connectivity index (χ0v) is 20.8. The molecule has 1 aliphatic rings. The molecule has 2 heterocycles. The van der Waals surface area contributed by atoms with Crippen LogP contribution in [-0.4, -0.2) is 46.3 Å². The summed E-state index contributed by atoms with van der Waals surface area (Å²) in [5.74, 6) is 1.23. The topological polar surface area (TPSA) is 69.5 Å². The van der Waals surface area contributed by atoms with E-state index in [1.807, 2.05) is 12.1 Å². The maximum Gasteiger partial charge on any atom is 0.244 e. The van der Waals surface area contributed by atoms with E-state index in [2.05, 4.69) is 10.1 Å². The SMILES string of the molecule is COc1cc2c(cc1OC)CN(C(=O)Cn1nc(-c3ccc(F)c(C)c3)nc1-c1ccc(F)cc1)CC2. The van der Waals surface area contributed by atoms with Gasteiger partial charge in [-0.1, -0.05) is 0 Å².